The molecule has 1 heterocycles. The molecule has 0 amide bonds. The van der Waals surface area contributed by atoms with Crippen molar-refractivity contribution in [1.29, 1.82) is 0 Å². The standard InChI is InChI=1S/C10H9ClFN3/c1-15-9(13)5-8(14-15)10-6(11)3-2-4-7(10)12/h2-5H,13H2,1H3. The summed E-state index contributed by atoms with van der Waals surface area (Å²) in [6.45, 7) is 0. The van der Waals surface area contributed by atoms with Gasteiger partial charge in [0.1, 0.15) is 11.6 Å². The van der Waals surface area contributed by atoms with E-state index in [1.165, 1.54) is 10.7 Å². The number of anilines is 1. The highest BCUT2D eigenvalue weighted by Gasteiger charge is 2.13. The number of nitrogens with zero attached hydrogens (tertiary/aromatic N) is 2. The molecule has 0 atom stereocenters. The summed E-state index contributed by atoms with van der Waals surface area (Å²) in [5, 5.41) is 4.40. The first-order chi connectivity index (χ1) is 7.09. The molecule has 1 aromatic heterocycles. The average molecular weight is 226 g/mol. The highest BCUT2D eigenvalue weighted by Crippen LogP contribution is 2.30. The maximum atomic E-state index is 13.5. The third kappa shape index (κ3) is 1.68. The number of aromatic nitrogens is 2. The Morgan fingerprint density at radius 3 is 2.73 bits per heavy atom. The fraction of sp³-hybridized carbons (Fsp3) is 0.100. The van der Waals surface area contributed by atoms with Crippen molar-refractivity contribution in [3.63, 3.8) is 0 Å². The molecule has 15 heavy (non-hydrogen) atoms. The van der Waals surface area contributed by atoms with Crippen LogP contribution in [0.3, 0.4) is 0 Å². The van der Waals surface area contributed by atoms with Gasteiger partial charge in [-0.3, -0.25) is 4.68 Å². The predicted octanol–water partition coefficient (Wildman–Crippen LogP) is 2.46. The normalized spacial score (nSPS) is 10.6. The van der Waals surface area contributed by atoms with E-state index < -0.39 is 5.82 Å². The van der Waals surface area contributed by atoms with E-state index in [2.05, 4.69) is 5.10 Å². The Labute approximate surface area is 91.3 Å². The highest BCUT2D eigenvalue weighted by atomic mass is 35.5. The van der Waals surface area contributed by atoms with Crippen LogP contribution >= 0.6 is 11.6 Å². The third-order valence-corrected chi connectivity index (χ3v) is 2.45. The number of hydrogen-bond acceptors (Lipinski definition) is 2. The Hall–Kier alpha value is -1.55. The van der Waals surface area contributed by atoms with E-state index in [4.69, 9.17) is 17.3 Å². The van der Waals surface area contributed by atoms with Crippen molar-refractivity contribution in [2.75, 3.05) is 5.73 Å². The van der Waals surface area contributed by atoms with Crippen molar-refractivity contribution < 1.29 is 4.39 Å². The number of nitrogens with two attached hydrogens (primary N) is 1. The van der Waals surface area contributed by atoms with Crippen LogP contribution in [0.25, 0.3) is 11.3 Å². The van der Waals surface area contributed by atoms with Crippen molar-refractivity contribution in [2.45, 2.75) is 0 Å². The van der Waals surface area contributed by atoms with Crippen molar-refractivity contribution in [3.8, 4) is 11.3 Å². The fourth-order valence-electron chi connectivity index (χ4n) is 1.35. The van der Waals surface area contributed by atoms with Gasteiger partial charge in [-0.1, -0.05) is 17.7 Å². The zero-order chi connectivity index (χ0) is 11.0. The molecule has 0 aliphatic carbocycles. The largest absolute Gasteiger partial charge is 0.384 e. The Bertz CT molecular complexity index is 468. The minimum Gasteiger partial charge on any atom is -0.384 e. The van der Waals surface area contributed by atoms with Gasteiger partial charge in [-0.15, -0.1) is 0 Å². The smallest absolute Gasteiger partial charge is 0.134 e. The van der Waals surface area contributed by atoms with Crippen LogP contribution < -0.4 is 5.73 Å². The summed E-state index contributed by atoms with van der Waals surface area (Å²) in [4.78, 5) is 0. The van der Waals surface area contributed by atoms with Crippen LogP contribution in [0.2, 0.25) is 5.02 Å². The van der Waals surface area contributed by atoms with E-state index in [0.29, 0.717) is 16.5 Å². The minimum atomic E-state index is -0.402. The molecule has 2 aromatic rings. The van der Waals surface area contributed by atoms with E-state index in [9.17, 15) is 4.39 Å². The van der Waals surface area contributed by atoms with Crippen molar-refractivity contribution >= 4 is 17.4 Å². The van der Waals surface area contributed by atoms with Gasteiger partial charge in [0.25, 0.3) is 0 Å². The van der Waals surface area contributed by atoms with Gasteiger partial charge in [-0.25, -0.2) is 4.39 Å². The first-order valence-corrected chi connectivity index (χ1v) is 4.71. The van der Waals surface area contributed by atoms with Gasteiger partial charge in [-0.05, 0) is 12.1 Å². The van der Waals surface area contributed by atoms with Gasteiger partial charge >= 0.3 is 0 Å². The van der Waals surface area contributed by atoms with Gasteiger partial charge in [0, 0.05) is 13.1 Å². The molecule has 3 nitrogen and oxygen atoms in total. The highest BCUT2D eigenvalue weighted by molar-refractivity contribution is 6.33. The summed E-state index contributed by atoms with van der Waals surface area (Å²) < 4.78 is 15.0. The zero-order valence-corrected chi connectivity index (χ0v) is 8.79. The van der Waals surface area contributed by atoms with Crippen molar-refractivity contribution in [2.24, 2.45) is 7.05 Å². The topological polar surface area (TPSA) is 43.8 Å². The van der Waals surface area contributed by atoms with Gasteiger partial charge < -0.3 is 5.73 Å². The van der Waals surface area contributed by atoms with E-state index in [1.807, 2.05) is 0 Å². The van der Waals surface area contributed by atoms with Gasteiger partial charge in [0.15, 0.2) is 0 Å². The predicted molar refractivity (Wildman–Crippen MR) is 58.0 cm³/mol. The molecular weight excluding hydrogens is 217 g/mol. The van der Waals surface area contributed by atoms with Gasteiger partial charge in [0.2, 0.25) is 0 Å². The van der Waals surface area contributed by atoms with E-state index >= 15 is 0 Å². The SMILES string of the molecule is Cn1nc(-c2c(F)cccc2Cl)cc1N. The molecule has 0 radical (unpaired) electrons. The number of aryl methyl sites for hydroxylation is 1. The second-order valence-corrected chi connectivity index (χ2v) is 3.58. The molecule has 0 fully saturated rings. The molecule has 0 saturated carbocycles. The summed E-state index contributed by atoms with van der Waals surface area (Å²) in [7, 11) is 1.69. The third-order valence-electron chi connectivity index (χ3n) is 2.13. The van der Waals surface area contributed by atoms with E-state index in [1.54, 1.807) is 25.2 Å². The van der Waals surface area contributed by atoms with Crippen LogP contribution in [0.5, 0.6) is 0 Å². The molecule has 0 spiro atoms. The summed E-state index contributed by atoms with van der Waals surface area (Å²) in [6, 6.07) is 6.09. The second-order valence-electron chi connectivity index (χ2n) is 3.17. The zero-order valence-electron chi connectivity index (χ0n) is 8.04. The summed E-state index contributed by atoms with van der Waals surface area (Å²) in [5.74, 6) is 0.0601. The van der Waals surface area contributed by atoms with E-state index in [-0.39, 0.29) is 5.56 Å². The molecule has 0 bridgehead atoms. The first kappa shape index (κ1) is 9.98. The number of rotatable bonds is 1. The lowest BCUT2D eigenvalue weighted by atomic mass is 10.1. The maximum Gasteiger partial charge on any atom is 0.134 e. The number of benzene rings is 1. The lowest BCUT2D eigenvalue weighted by Crippen LogP contribution is -1.96. The van der Waals surface area contributed by atoms with Crippen LogP contribution in [0.4, 0.5) is 10.2 Å². The second kappa shape index (κ2) is 3.55. The Kier molecular flexibility index (Phi) is 2.36. The lowest BCUT2D eigenvalue weighted by Gasteiger charge is -2.01. The van der Waals surface area contributed by atoms with Crippen molar-refractivity contribution in [3.05, 3.63) is 35.1 Å². The van der Waals surface area contributed by atoms with Gasteiger partial charge in [0.05, 0.1) is 16.3 Å². The molecule has 2 rings (SSSR count). The van der Waals surface area contributed by atoms with Gasteiger partial charge in [-0.2, -0.15) is 5.10 Å². The summed E-state index contributed by atoms with van der Waals surface area (Å²) >= 11 is 5.90. The monoisotopic (exact) mass is 225 g/mol. The Morgan fingerprint density at radius 2 is 2.20 bits per heavy atom. The lowest BCUT2D eigenvalue weighted by molar-refractivity contribution is 0.630. The minimum absolute atomic E-state index is 0.284. The number of halogens is 2. The molecule has 5 heteroatoms. The molecule has 2 N–H and O–H groups in total. The average Bonchev–Trinajstić information content (AvgIpc) is 2.46. The maximum absolute atomic E-state index is 13.5. The summed E-state index contributed by atoms with van der Waals surface area (Å²) in [6.07, 6.45) is 0. The number of hydrogen-bond donors (Lipinski definition) is 1. The number of nitrogen functional groups attached to an aromatic ring is 1. The van der Waals surface area contributed by atoms with Crippen LogP contribution in [0, 0.1) is 5.82 Å². The molecular formula is C10H9ClFN3. The molecule has 78 valence electrons. The molecule has 0 unspecified atom stereocenters. The summed E-state index contributed by atoms with van der Waals surface area (Å²) in [5.41, 5.74) is 6.34. The van der Waals surface area contributed by atoms with Crippen LogP contribution in [-0.2, 0) is 7.05 Å². The van der Waals surface area contributed by atoms with Crippen LogP contribution in [0.1, 0.15) is 0 Å². The fourth-order valence-corrected chi connectivity index (χ4v) is 1.61. The first-order valence-electron chi connectivity index (χ1n) is 4.33. The van der Waals surface area contributed by atoms with E-state index in [0.717, 1.165) is 0 Å². The molecule has 0 aliphatic rings. The quantitative estimate of drug-likeness (QED) is 0.810. The molecule has 1 aromatic carbocycles. The van der Waals surface area contributed by atoms with Crippen LogP contribution in [0.15, 0.2) is 24.3 Å². The Balaban J connectivity index is 2.63. The molecule has 0 saturated heterocycles. The molecule has 0 aliphatic heterocycles. The van der Waals surface area contributed by atoms with Crippen LogP contribution in [-0.4, -0.2) is 9.78 Å². The van der Waals surface area contributed by atoms with Crippen molar-refractivity contribution in [1.82, 2.24) is 9.78 Å². The Morgan fingerprint density at radius 1 is 1.47 bits per heavy atom.